The summed E-state index contributed by atoms with van der Waals surface area (Å²) in [6, 6.07) is 0. The van der Waals surface area contributed by atoms with Gasteiger partial charge in [0.1, 0.15) is 0 Å². The predicted molar refractivity (Wildman–Crippen MR) is 79.4 cm³/mol. The van der Waals surface area contributed by atoms with Gasteiger partial charge >= 0.3 is 9.05 Å². The molecule has 155 valence electrons. The maximum atomic E-state index is 10.8. The van der Waals surface area contributed by atoms with Crippen molar-refractivity contribution in [3.05, 3.63) is 0 Å². The van der Waals surface area contributed by atoms with Gasteiger partial charge in [-0.3, -0.25) is 28.8 Å². The molecule has 0 amide bonds. The number of carbonyl (C=O) groups excluding carboxylic acids is 4. The van der Waals surface area contributed by atoms with E-state index >= 15 is 0 Å². The quantitative estimate of drug-likeness (QED) is 0.545. The molecule has 0 unspecified atom stereocenters. The zero-order valence-corrected chi connectivity index (χ0v) is 16.7. The molecule has 14 heteroatoms. The van der Waals surface area contributed by atoms with Gasteiger partial charge in [-0.25, -0.2) is 0 Å². The maximum absolute atomic E-state index is 10.8. The summed E-state index contributed by atoms with van der Waals surface area (Å²) >= 11 is 0. The van der Waals surface area contributed by atoms with Gasteiger partial charge in [-0.2, -0.15) is 0 Å². The van der Waals surface area contributed by atoms with Gasteiger partial charge in [0.25, 0.3) is 35.8 Å². The van der Waals surface area contributed by atoms with Crippen LogP contribution in [-0.4, -0.2) is 55.1 Å². The zero-order valence-electron chi connectivity index (χ0n) is 14.8. The van der Waals surface area contributed by atoms with Crippen molar-refractivity contribution in [3.63, 3.8) is 0 Å². The van der Waals surface area contributed by atoms with Crippen LogP contribution in [0.4, 0.5) is 0 Å². The fraction of sp³-hybridized carbons (Fsp3) is 0.500. The van der Waals surface area contributed by atoms with Crippen LogP contribution in [0, 0.1) is 0 Å². The molecule has 0 aromatic heterocycles. The molecule has 0 bridgehead atoms. The van der Waals surface area contributed by atoms with Crippen molar-refractivity contribution in [1.29, 1.82) is 0 Å². The van der Waals surface area contributed by atoms with E-state index in [-0.39, 0.29) is 17.1 Å². The van der Waals surface area contributed by atoms with Gasteiger partial charge in [0, 0.05) is 58.6 Å². The first kappa shape index (κ1) is 31.3. The minimum Gasteiger partial charge on any atom is -0.481 e. The Kier molecular flexibility index (Phi) is 19.3. The zero-order chi connectivity index (χ0) is 20.8. The Balaban J connectivity index is -0.000000226. The Morgan fingerprint density at radius 3 is 0.731 bits per heavy atom. The van der Waals surface area contributed by atoms with E-state index in [0.717, 1.165) is 41.5 Å². The standard InChI is InChI=1S/C8H12O8Si.2C2H4O2.Cu/c1-5(9)13-17(14-6(2)10,15-7(3)11)16-8(4)12;2*1-2(3)4;/h1-4H3;2*1H3,(H,3,4);. The van der Waals surface area contributed by atoms with Crippen LogP contribution in [0.3, 0.4) is 0 Å². The van der Waals surface area contributed by atoms with Gasteiger partial charge in [0.2, 0.25) is 0 Å². The van der Waals surface area contributed by atoms with Crippen molar-refractivity contribution in [3.8, 4) is 0 Å². The molecule has 0 rings (SSSR count). The molecule has 0 aliphatic carbocycles. The fourth-order valence-corrected chi connectivity index (χ4v) is 2.49. The minimum atomic E-state index is -4.45. The molecule has 26 heavy (non-hydrogen) atoms. The number of hydrogen-bond acceptors (Lipinski definition) is 10. The van der Waals surface area contributed by atoms with E-state index < -0.39 is 44.9 Å². The van der Waals surface area contributed by atoms with Gasteiger partial charge in [-0.1, -0.05) is 0 Å². The van der Waals surface area contributed by atoms with Gasteiger partial charge in [0.05, 0.1) is 0 Å². The molecule has 0 saturated carbocycles. The van der Waals surface area contributed by atoms with Crippen LogP contribution in [-0.2, 0) is 63.5 Å². The average Bonchev–Trinajstić information content (AvgIpc) is 2.20. The molecule has 2 N–H and O–H groups in total. The molecule has 0 saturated heterocycles. The van der Waals surface area contributed by atoms with E-state index in [9.17, 15) is 19.2 Å². The second kappa shape index (κ2) is 16.0. The largest absolute Gasteiger partial charge is 0.974 e. The Morgan fingerprint density at radius 2 is 0.654 bits per heavy atom. The van der Waals surface area contributed by atoms with E-state index in [2.05, 4.69) is 17.7 Å². The second-order valence-electron chi connectivity index (χ2n) is 3.91. The number of carboxylic acids is 2. The smallest absolute Gasteiger partial charge is 0.481 e. The van der Waals surface area contributed by atoms with Crippen molar-refractivity contribution in [2.75, 3.05) is 0 Å². The van der Waals surface area contributed by atoms with Gasteiger partial charge in [-0.15, -0.1) is 0 Å². The molecule has 0 spiro atoms. The molecule has 1 radical (unpaired) electrons. The van der Waals surface area contributed by atoms with Crippen LogP contribution in [0.2, 0.25) is 0 Å². The van der Waals surface area contributed by atoms with E-state index in [1.54, 1.807) is 0 Å². The van der Waals surface area contributed by atoms with Gasteiger partial charge < -0.3 is 27.9 Å². The summed E-state index contributed by atoms with van der Waals surface area (Å²) in [4.78, 5) is 61.4. The van der Waals surface area contributed by atoms with Gasteiger partial charge in [-0.05, 0) is 0 Å². The third-order valence-electron chi connectivity index (χ3n) is 1.07. The molecular formula is C12H20CuO12Si. The molecular weight excluding hydrogens is 428 g/mol. The third-order valence-corrected chi connectivity index (χ3v) is 3.22. The van der Waals surface area contributed by atoms with E-state index in [0.29, 0.717) is 0 Å². The first-order valence-electron chi connectivity index (χ1n) is 6.30. The molecule has 0 heterocycles. The molecule has 0 aromatic rings. The third kappa shape index (κ3) is 29.6. The van der Waals surface area contributed by atoms with Crippen molar-refractivity contribution in [2.24, 2.45) is 0 Å². The number of rotatable bonds is 4. The summed E-state index contributed by atoms with van der Waals surface area (Å²) in [6.07, 6.45) is 0. The van der Waals surface area contributed by atoms with Crippen LogP contribution in [0.5, 0.6) is 0 Å². The first-order chi connectivity index (χ1) is 11.1. The number of hydrogen-bond donors (Lipinski definition) is 2. The minimum absolute atomic E-state index is 0. The molecule has 0 aliphatic heterocycles. The molecule has 0 atom stereocenters. The monoisotopic (exact) mass is 447 g/mol. The van der Waals surface area contributed by atoms with Crippen molar-refractivity contribution < 1.29 is 73.8 Å². The summed E-state index contributed by atoms with van der Waals surface area (Å²) in [7, 11) is -4.45. The van der Waals surface area contributed by atoms with Crippen LogP contribution in [0.15, 0.2) is 0 Å². The average molecular weight is 448 g/mol. The molecule has 12 nitrogen and oxygen atoms in total. The first-order valence-corrected chi connectivity index (χ1v) is 7.94. The normalized spacial score (nSPS) is 8.54. The fourth-order valence-electron chi connectivity index (χ4n) is 0.829. The van der Waals surface area contributed by atoms with Gasteiger partial charge in [0.15, 0.2) is 0 Å². The van der Waals surface area contributed by atoms with E-state index in [4.69, 9.17) is 19.8 Å². The van der Waals surface area contributed by atoms with Crippen molar-refractivity contribution in [1.82, 2.24) is 0 Å². The maximum Gasteiger partial charge on any atom is 0.974 e. The van der Waals surface area contributed by atoms with Crippen LogP contribution >= 0.6 is 0 Å². The van der Waals surface area contributed by atoms with Crippen LogP contribution in [0.25, 0.3) is 0 Å². The van der Waals surface area contributed by atoms with E-state index in [1.165, 1.54) is 0 Å². The Labute approximate surface area is 160 Å². The Hall–Kier alpha value is -2.44. The SMILES string of the molecule is CC(=O)O.CC(=O)O.CC(=O)O[Si](OC(C)=O)(OC(C)=O)OC(C)=O.[Cu]. The molecule has 0 aliphatic rings. The van der Waals surface area contributed by atoms with E-state index in [1.807, 2.05) is 0 Å². The number of carboxylic acid groups (broad SMARTS) is 2. The summed E-state index contributed by atoms with van der Waals surface area (Å²) in [5, 5.41) is 14.8. The molecule has 0 aromatic carbocycles. The number of carbonyl (C=O) groups is 6. The Bertz CT molecular complexity index is 429. The second-order valence-corrected chi connectivity index (χ2v) is 5.73. The number of aliphatic carboxylic acids is 2. The van der Waals surface area contributed by atoms with Crippen molar-refractivity contribution >= 4 is 44.9 Å². The predicted octanol–water partition coefficient (Wildman–Crippen LogP) is -0.146. The van der Waals surface area contributed by atoms with Crippen LogP contribution in [0.1, 0.15) is 41.5 Å². The van der Waals surface area contributed by atoms with Crippen LogP contribution < -0.4 is 0 Å². The topological polar surface area (TPSA) is 180 Å². The summed E-state index contributed by atoms with van der Waals surface area (Å²) < 4.78 is 18.2. The Morgan fingerprint density at radius 1 is 0.538 bits per heavy atom. The summed E-state index contributed by atoms with van der Waals surface area (Å²) in [5.41, 5.74) is 0. The molecule has 0 fully saturated rings. The summed E-state index contributed by atoms with van der Waals surface area (Å²) in [6.45, 7) is 6.10. The van der Waals surface area contributed by atoms with Crippen molar-refractivity contribution in [2.45, 2.75) is 41.5 Å². The summed E-state index contributed by atoms with van der Waals surface area (Å²) in [5.74, 6) is -5.33.